The Balaban J connectivity index is 1.42. The summed E-state index contributed by atoms with van der Waals surface area (Å²) in [5.74, 6) is 0.211. The number of benzene rings is 3. The summed E-state index contributed by atoms with van der Waals surface area (Å²) in [6.07, 6.45) is 0.635. The molecule has 0 saturated carbocycles. The maximum Gasteiger partial charge on any atom is 0.347 e. The maximum absolute atomic E-state index is 11.4. The number of nitrogens with zero attached hydrogens (tertiary/aromatic N) is 3. The van der Waals surface area contributed by atoms with Gasteiger partial charge in [-0.2, -0.15) is 15.0 Å². The Morgan fingerprint density at radius 2 is 1.56 bits per heavy atom. The van der Waals surface area contributed by atoms with Crippen LogP contribution in [0.25, 0.3) is 16.8 Å². The number of para-hydroxylation sites is 1. The minimum absolute atomic E-state index is 0.466. The van der Waals surface area contributed by atoms with Crippen LogP contribution in [-0.2, 0) is 11.2 Å². The number of carboxylic acid groups (broad SMARTS) is 1. The first-order valence-electron chi connectivity index (χ1n) is 11.1. The van der Waals surface area contributed by atoms with Gasteiger partial charge in [0.2, 0.25) is 0 Å². The van der Waals surface area contributed by atoms with Gasteiger partial charge < -0.3 is 14.6 Å². The van der Waals surface area contributed by atoms with E-state index in [0.717, 1.165) is 34.0 Å². The summed E-state index contributed by atoms with van der Waals surface area (Å²) < 4.78 is 11.7. The van der Waals surface area contributed by atoms with E-state index in [-0.39, 0.29) is 0 Å². The normalized spacial score (nSPS) is 11.3. The van der Waals surface area contributed by atoms with Crippen molar-refractivity contribution in [3.05, 3.63) is 90.3 Å². The van der Waals surface area contributed by atoms with Crippen molar-refractivity contribution in [3.8, 4) is 28.3 Å². The van der Waals surface area contributed by atoms with Crippen molar-refractivity contribution in [2.75, 3.05) is 6.61 Å². The molecule has 0 spiro atoms. The molecule has 0 atom stereocenters. The molecule has 0 amide bonds. The Kier molecular flexibility index (Phi) is 6.63. The third kappa shape index (κ3) is 5.43. The second kappa shape index (κ2) is 9.79. The molecular formula is C27H27N3O4. The minimum Gasteiger partial charge on any atom is -0.493 e. The summed E-state index contributed by atoms with van der Waals surface area (Å²) in [5, 5.41) is 18.4. The molecule has 0 unspecified atom stereocenters. The molecule has 3 aromatic carbocycles. The molecule has 0 saturated heterocycles. The van der Waals surface area contributed by atoms with Crippen LogP contribution in [0.5, 0.6) is 11.5 Å². The van der Waals surface area contributed by atoms with E-state index in [0.29, 0.717) is 18.8 Å². The lowest BCUT2D eigenvalue weighted by molar-refractivity contribution is -0.152. The molecule has 0 aliphatic rings. The second-order valence-corrected chi connectivity index (χ2v) is 8.43. The van der Waals surface area contributed by atoms with Gasteiger partial charge in [-0.3, -0.25) is 0 Å². The highest BCUT2D eigenvalue weighted by Crippen LogP contribution is 2.28. The number of carboxylic acids is 1. The van der Waals surface area contributed by atoms with E-state index in [1.54, 1.807) is 10.9 Å². The van der Waals surface area contributed by atoms with Crippen molar-refractivity contribution in [2.24, 2.45) is 0 Å². The predicted octanol–water partition coefficient (Wildman–Crippen LogP) is 5.11. The summed E-state index contributed by atoms with van der Waals surface area (Å²) in [6, 6.07) is 24.9. The van der Waals surface area contributed by atoms with Crippen LogP contribution in [0.3, 0.4) is 0 Å². The molecule has 0 radical (unpaired) electrons. The van der Waals surface area contributed by atoms with E-state index in [9.17, 15) is 9.90 Å². The Bertz CT molecular complexity index is 1280. The van der Waals surface area contributed by atoms with Gasteiger partial charge in [0.15, 0.2) is 5.60 Å². The molecule has 1 N–H and O–H groups in total. The molecule has 1 aromatic heterocycles. The zero-order chi connectivity index (χ0) is 24.1. The van der Waals surface area contributed by atoms with E-state index >= 15 is 0 Å². The average molecular weight is 458 g/mol. The Labute approximate surface area is 198 Å². The van der Waals surface area contributed by atoms with Gasteiger partial charge in [0, 0.05) is 6.42 Å². The van der Waals surface area contributed by atoms with Crippen molar-refractivity contribution >= 4 is 5.97 Å². The fourth-order valence-corrected chi connectivity index (χ4v) is 3.42. The number of hydrogen-bond acceptors (Lipinski definition) is 5. The van der Waals surface area contributed by atoms with Crippen LogP contribution in [0.4, 0.5) is 0 Å². The van der Waals surface area contributed by atoms with E-state index in [1.165, 1.54) is 13.8 Å². The lowest BCUT2D eigenvalue weighted by Gasteiger charge is -2.21. The number of aromatic nitrogens is 3. The highest BCUT2D eigenvalue weighted by atomic mass is 16.5. The molecule has 4 aromatic rings. The van der Waals surface area contributed by atoms with E-state index in [2.05, 4.69) is 10.2 Å². The first kappa shape index (κ1) is 23.0. The maximum atomic E-state index is 11.4. The molecule has 1 heterocycles. The van der Waals surface area contributed by atoms with Crippen LogP contribution >= 0.6 is 0 Å². The summed E-state index contributed by atoms with van der Waals surface area (Å²) in [5.41, 5.74) is 3.23. The Hall–Kier alpha value is -4.13. The molecule has 0 aliphatic heterocycles. The lowest BCUT2D eigenvalue weighted by Crippen LogP contribution is -2.37. The molecular weight excluding hydrogens is 430 g/mol. The SMILES string of the molecule is Cc1nn(-c2ccccc2)nc1CCOc1cccc(-c2cccc(OC(C)(C)C(=O)O)c2)c1. The number of ether oxygens (including phenoxy) is 2. The summed E-state index contributed by atoms with van der Waals surface area (Å²) >= 11 is 0. The molecule has 7 nitrogen and oxygen atoms in total. The van der Waals surface area contributed by atoms with Gasteiger partial charge in [-0.05, 0) is 68.3 Å². The highest BCUT2D eigenvalue weighted by Gasteiger charge is 2.29. The molecule has 174 valence electrons. The molecule has 7 heteroatoms. The Morgan fingerprint density at radius 1 is 0.912 bits per heavy atom. The topological polar surface area (TPSA) is 86.5 Å². The monoisotopic (exact) mass is 457 g/mol. The number of hydrogen-bond donors (Lipinski definition) is 1. The predicted molar refractivity (Wildman–Crippen MR) is 130 cm³/mol. The summed E-state index contributed by atoms with van der Waals surface area (Å²) in [4.78, 5) is 13.0. The standard InChI is InChI=1S/C27H27N3O4/c1-19-25(29-30(28-19)22-11-5-4-6-12-22)15-16-33-23-13-7-9-20(17-23)21-10-8-14-24(18-21)34-27(2,3)26(31)32/h4-14,17-18H,15-16H2,1-3H3,(H,31,32). The molecule has 0 aliphatic carbocycles. The van der Waals surface area contributed by atoms with Crippen LogP contribution in [0.15, 0.2) is 78.9 Å². The lowest BCUT2D eigenvalue weighted by atomic mass is 10.0. The molecule has 4 rings (SSSR count). The fourth-order valence-electron chi connectivity index (χ4n) is 3.42. The summed E-state index contributed by atoms with van der Waals surface area (Å²) in [7, 11) is 0. The number of aliphatic carboxylic acids is 1. The van der Waals surface area contributed by atoms with Crippen molar-refractivity contribution in [3.63, 3.8) is 0 Å². The van der Waals surface area contributed by atoms with Gasteiger partial charge in [-0.25, -0.2) is 4.79 Å². The number of aryl methyl sites for hydroxylation is 1. The largest absolute Gasteiger partial charge is 0.493 e. The highest BCUT2D eigenvalue weighted by molar-refractivity contribution is 5.77. The number of carbonyl (C=O) groups is 1. The van der Waals surface area contributed by atoms with Gasteiger partial charge in [-0.1, -0.05) is 42.5 Å². The van der Waals surface area contributed by atoms with Crippen LogP contribution in [0, 0.1) is 6.92 Å². The van der Waals surface area contributed by atoms with Crippen molar-refractivity contribution in [2.45, 2.75) is 32.8 Å². The summed E-state index contributed by atoms with van der Waals surface area (Å²) in [6.45, 7) is 5.46. The van der Waals surface area contributed by atoms with Gasteiger partial charge in [-0.15, -0.1) is 0 Å². The second-order valence-electron chi connectivity index (χ2n) is 8.43. The first-order chi connectivity index (χ1) is 16.3. The van der Waals surface area contributed by atoms with Crippen LogP contribution in [-0.4, -0.2) is 38.3 Å². The van der Waals surface area contributed by atoms with E-state index in [4.69, 9.17) is 9.47 Å². The van der Waals surface area contributed by atoms with Gasteiger partial charge in [0.05, 0.1) is 23.7 Å². The van der Waals surface area contributed by atoms with Crippen LogP contribution in [0.2, 0.25) is 0 Å². The van der Waals surface area contributed by atoms with Crippen LogP contribution in [0.1, 0.15) is 25.2 Å². The van der Waals surface area contributed by atoms with Gasteiger partial charge in [0.1, 0.15) is 11.5 Å². The Morgan fingerprint density at radius 3 is 2.24 bits per heavy atom. The van der Waals surface area contributed by atoms with E-state index < -0.39 is 11.6 Å². The van der Waals surface area contributed by atoms with Gasteiger partial charge >= 0.3 is 5.97 Å². The number of rotatable bonds is 9. The molecule has 34 heavy (non-hydrogen) atoms. The first-order valence-corrected chi connectivity index (χ1v) is 11.1. The van der Waals surface area contributed by atoms with Crippen molar-refractivity contribution in [1.82, 2.24) is 15.0 Å². The zero-order valence-electron chi connectivity index (χ0n) is 19.4. The third-order valence-corrected chi connectivity index (χ3v) is 5.36. The van der Waals surface area contributed by atoms with E-state index in [1.807, 2.05) is 79.7 Å². The smallest absolute Gasteiger partial charge is 0.347 e. The molecule has 0 fully saturated rings. The quantitative estimate of drug-likeness (QED) is 0.376. The van der Waals surface area contributed by atoms with Gasteiger partial charge in [0.25, 0.3) is 0 Å². The van der Waals surface area contributed by atoms with Crippen molar-refractivity contribution < 1.29 is 19.4 Å². The van der Waals surface area contributed by atoms with Crippen molar-refractivity contribution in [1.29, 1.82) is 0 Å². The third-order valence-electron chi connectivity index (χ3n) is 5.36. The average Bonchev–Trinajstić information content (AvgIpc) is 3.20. The van der Waals surface area contributed by atoms with Crippen LogP contribution < -0.4 is 9.47 Å². The minimum atomic E-state index is -1.32. The fraction of sp³-hybridized carbons (Fsp3) is 0.222. The zero-order valence-corrected chi connectivity index (χ0v) is 19.4. The molecule has 0 bridgehead atoms.